The van der Waals surface area contributed by atoms with Gasteiger partial charge in [0.05, 0.1) is 18.4 Å². The Hall–Kier alpha value is -2.63. The van der Waals surface area contributed by atoms with Crippen LogP contribution in [0.15, 0.2) is 47.7 Å². The van der Waals surface area contributed by atoms with Crippen LogP contribution >= 0.6 is 0 Å². The predicted octanol–water partition coefficient (Wildman–Crippen LogP) is 2.18. The summed E-state index contributed by atoms with van der Waals surface area (Å²) >= 11 is 0. The van der Waals surface area contributed by atoms with Crippen molar-refractivity contribution in [3.05, 3.63) is 54.9 Å². The van der Waals surface area contributed by atoms with Crippen molar-refractivity contribution in [3.8, 4) is 5.82 Å². The van der Waals surface area contributed by atoms with E-state index in [4.69, 9.17) is 4.42 Å². The molecule has 6 heteroatoms. The summed E-state index contributed by atoms with van der Waals surface area (Å²) in [5, 5.41) is 3.29. The van der Waals surface area contributed by atoms with E-state index in [0.29, 0.717) is 6.54 Å². The third-order valence-corrected chi connectivity index (χ3v) is 2.78. The quantitative estimate of drug-likeness (QED) is 0.773. The Morgan fingerprint density at radius 2 is 2.26 bits per heavy atom. The largest absolute Gasteiger partial charge is 0.447 e. The first-order valence-corrected chi connectivity index (χ1v) is 5.91. The van der Waals surface area contributed by atoms with E-state index < -0.39 is 0 Å². The summed E-state index contributed by atoms with van der Waals surface area (Å²) in [4.78, 5) is 12.5. The van der Waals surface area contributed by atoms with Gasteiger partial charge in [-0.25, -0.2) is 15.0 Å². The fourth-order valence-electron chi connectivity index (χ4n) is 1.84. The molecule has 3 rings (SSSR count). The maximum Gasteiger partial charge on any atom is 0.180 e. The molecule has 0 aliphatic carbocycles. The SMILES string of the molecule is Cc1nccn1-c1ncccc1NCc1cnco1. The second kappa shape index (κ2) is 4.93. The molecule has 6 nitrogen and oxygen atoms in total. The van der Waals surface area contributed by atoms with Crippen LogP contribution in [0.4, 0.5) is 5.69 Å². The highest BCUT2D eigenvalue weighted by atomic mass is 16.3. The number of hydrogen-bond acceptors (Lipinski definition) is 5. The van der Waals surface area contributed by atoms with Gasteiger partial charge in [0, 0.05) is 18.6 Å². The number of oxazole rings is 1. The summed E-state index contributed by atoms with van der Waals surface area (Å²) in [6.07, 6.45) is 8.50. The molecule has 0 aliphatic heterocycles. The van der Waals surface area contributed by atoms with Gasteiger partial charge in [-0.15, -0.1) is 0 Å². The standard InChI is InChI=1S/C13H13N5O/c1-10-15-5-6-18(10)13-12(3-2-4-16-13)17-8-11-7-14-9-19-11/h2-7,9,17H,8H2,1H3. The third kappa shape index (κ3) is 2.33. The zero-order valence-corrected chi connectivity index (χ0v) is 10.4. The van der Waals surface area contributed by atoms with Gasteiger partial charge in [-0.3, -0.25) is 4.57 Å². The van der Waals surface area contributed by atoms with Crippen LogP contribution in [0.5, 0.6) is 0 Å². The van der Waals surface area contributed by atoms with Crippen LogP contribution in [0.3, 0.4) is 0 Å². The highest BCUT2D eigenvalue weighted by Gasteiger charge is 2.08. The minimum Gasteiger partial charge on any atom is -0.447 e. The Balaban J connectivity index is 1.88. The normalized spacial score (nSPS) is 10.6. The van der Waals surface area contributed by atoms with Gasteiger partial charge in [0.25, 0.3) is 0 Å². The average Bonchev–Trinajstić information content (AvgIpc) is 3.08. The summed E-state index contributed by atoms with van der Waals surface area (Å²) in [6.45, 7) is 2.50. The van der Waals surface area contributed by atoms with Crippen molar-refractivity contribution in [1.29, 1.82) is 0 Å². The van der Waals surface area contributed by atoms with Gasteiger partial charge in [0.15, 0.2) is 12.2 Å². The molecule has 0 atom stereocenters. The molecule has 0 unspecified atom stereocenters. The minimum atomic E-state index is 0.562. The Morgan fingerprint density at radius 1 is 1.32 bits per heavy atom. The Kier molecular flexibility index (Phi) is 2.97. The number of nitrogens with zero attached hydrogens (tertiary/aromatic N) is 4. The average molecular weight is 255 g/mol. The van der Waals surface area contributed by atoms with Gasteiger partial charge in [0.1, 0.15) is 11.6 Å². The molecule has 3 aromatic rings. The van der Waals surface area contributed by atoms with E-state index in [1.54, 1.807) is 18.6 Å². The topological polar surface area (TPSA) is 68.8 Å². The zero-order chi connectivity index (χ0) is 13.1. The second-order valence-electron chi connectivity index (χ2n) is 4.04. The summed E-state index contributed by atoms with van der Waals surface area (Å²) in [5.74, 6) is 2.48. The first-order valence-electron chi connectivity index (χ1n) is 5.91. The summed E-state index contributed by atoms with van der Waals surface area (Å²) in [7, 11) is 0. The number of aryl methyl sites for hydroxylation is 1. The van der Waals surface area contributed by atoms with Gasteiger partial charge in [-0.2, -0.15) is 0 Å². The van der Waals surface area contributed by atoms with Crippen molar-refractivity contribution in [2.24, 2.45) is 0 Å². The van der Waals surface area contributed by atoms with Gasteiger partial charge in [-0.1, -0.05) is 0 Å². The molecule has 0 amide bonds. The summed E-state index contributed by atoms with van der Waals surface area (Å²) < 4.78 is 7.13. The lowest BCUT2D eigenvalue weighted by Gasteiger charge is -2.11. The number of aromatic nitrogens is 4. The first kappa shape index (κ1) is 11.5. The van der Waals surface area contributed by atoms with Crippen LogP contribution in [0.2, 0.25) is 0 Å². The van der Waals surface area contributed by atoms with E-state index in [2.05, 4.69) is 20.3 Å². The Morgan fingerprint density at radius 3 is 3.00 bits per heavy atom. The van der Waals surface area contributed by atoms with Gasteiger partial charge < -0.3 is 9.73 Å². The fraction of sp³-hybridized carbons (Fsp3) is 0.154. The van der Waals surface area contributed by atoms with Crippen molar-refractivity contribution in [1.82, 2.24) is 19.5 Å². The highest BCUT2D eigenvalue weighted by molar-refractivity contribution is 5.57. The van der Waals surface area contributed by atoms with E-state index in [0.717, 1.165) is 23.1 Å². The van der Waals surface area contributed by atoms with E-state index in [1.165, 1.54) is 6.39 Å². The first-order chi connectivity index (χ1) is 9.34. The molecule has 0 aromatic carbocycles. The van der Waals surface area contributed by atoms with Gasteiger partial charge >= 0.3 is 0 Å². The lowest BCUT2D eigenvalue weighted by Crippen LogP contribution is -2.06. The third-order valence-electron chi connectivity index (χ3n) is 2.78. The molecule has 0 fully saturated rings. The Labute approximate surface area is 110 Å². The molecular weight excluding hydrogens is 242 g/mol. The summed E-state index contributed by atoms with van der Waals surface area (Å²) in [6, 6.07) is 3.86. The van der Waals surface area contributed by atoms with Gasteiger partial charge in [0.2, 0.25) is 0 Å². The minimum absolute atomic E-state index is 0.562. The molecule has 1 N–H and O–H groups in total. The number of rotatable bonds is 4. The predicted molar refractivity (Wildman–Crippen MR) is 69.9 cm³/mol. The van der Waals surface area contributed by atoms with Crippen LogP contribution in [0, 0.1) is 6.92 Å². The molecule has 0 spiro atoms. The maximum absolute atomic E-state index is 5.20. The summed E-state index contributed by atoms with van der Waals surface area (Å²) in [5.41, 5.74) is 0.917. The van der Waals surface area contributed by atoms with E-state index in [9.17, 15) is 0 Å². The van der Waals surface area contributed by atoms with Crippen LogP contribution in [-0.2, 0) is 6.54 Å². The van der Waals surface area contributed by atoms with Crippen LogP contribution in [0.1, 0.15) is 11.6 Å². The smallest absolute Gasteiger partial charge is 0.180 e. The molecule has 0 bridgehead atoms. The molecule has 0 aliphatic rings. The van der Waals surface area contributed by atoms with E-state index in [-0.39, 0.29) is 0 Å². The molecule has 19 heavy (non-hydrogen) atoms. The highest BCUT2D eigenvalue weighted by Crippen LogP contribution is 2.19. The monoisotopic (exact) mass is 255 g/mol. The number of pyridine rings is 1. The fourth-order valence-corrected chi connectivity index (χ4v) is 1.84. The molecule has 3 aromatic heterocycles. The zero-order valence-electron chi connectivity index (χ0n) is 10.4. The number of hydrogen-bond donors (Lipinski definition) is 1. The molecular formula is C13H13N5O. The van der Waals surface area contributed by atoms with Crippen molar-refractivity contribution in [3.63, 3.8) is 0 Å². The lowest BCUT2D eigenvalue weighted by molar-refractivity contribution is 0.511. The van der Waals surface area contributed by atoms with E-state index in [1.807, 2.05) is 29.8 Å². The van der Waals surface area contributed by atoms with Crippen molar-refractivity contribution >= 4 is 5.69 Å². The number of nitrogens with one attached hydrogen (secondary N) is 1. The number of imidazole rings is 1. The Bertz CT molecular complexity index is 659. The van der Waals surface area contributed by atoms with E-state index >= 15 is 0 Å². The molecule has 0 radical (unpaired) electrons. The lowest BCUT2D eigenvalue weighted by atomic mass is 10.3. The van der Waals surface area contributed by atoms with Gasteiger partial charge in [-0.05, 0) is 19.1 Å². The molecule has 0 saturated heterocycles. The van der Waals surface area contributed by atoms with Crippen LogP contribution in [-0.4, -0.2) is 19.5 Å². The number of anilines is 1. The van der Waals surface area contributed by atoms with Crippen LogP contribution in [0.25, 0.3) is 5.82 Å². The van der Waals surface area contributed by atoms with Crippen molar-refractivity contribution in [2.75, 3.05) is 5.32 Å². The molecule has 0 saturated carbocycles. The van der Waals surface area contributed by atoms with Crippen molar-refractivity contribution in [2.45, 2.75) is 13.5 Å². The van der Waals surface area contributed by atoms with Crippen molar-refractivity contribution < 1.29 is 4.42 Å². The maximum atomic E-state index is 5.20. The van der Waals surface area contributed by atoms with Crippen LogP contribution < -0.4 is 5.32 Å². The second-order valence-corrected chi connectivity index (χ2v) is 4.04. The molecule has 3 heterocycles. The molecule has 96 valence electrons.